The molecule has 0 atom stereocenters. The number of hydroxylamine groups is 2. The second-order valence-corrected chi connectivity index (χ2v) is 8.27. The first-order valence-corrected chi connectivity index (χ1v) is 11.4. The van der Waals surface area contributed by atoms with E-state index in [0.29, 0.717) is 23.2 Å². The van der Waals surface area contributed by atoms with Crippen molar-refractivity contribution in [2.45, 2.75) is 25.9 Å². The molecule has 1 fully saturated rings. The van der Waals surface area contributed by atoms with Crippen LogP contribution in [0.25, 0.3) is 10.9 Å². The Labute approximate surface area is 197 Å². The van der Waals surface area contributed by atoms with Gasteiger partial charge >= 0.3 is 0 Å². The van der Waals surface area contributed by atoms with E-state index in [-0.39, 0.29) is 0 Å². The Morgan fingerprint density at radius 3 is 2.67 bits per heavy atom. The number of nitrogens with zero attached hydrogens (tertiary/aromatic N) is 4. The molecule has 7 nitrogen and oxygen atoms in total. The molecule has 8 heteroatoms. The van der Waals surface area contributed by atoms with Crippen LogP contribution in [0.15, 0.2) is 67.1 Å². The second kappa shape index (κ2) is 10.0. The molecule has 1 N–H and O–H groups in total. The summed E-state index contributed by atoms with van der Waals surface area (Å²) in [6.07, 6.45) is 6.86. The van der Waals surface area contributed by atoms with Gasteiger partial charge in [0.15, 0.2) is 0 Å². The molecule has 1 aliphatic rings. The van der Waals surface area contributed by atoms with E-state index in [0.717, 1.165) is 54.0 Å². The minimum Gasteiger partial charge on any atom is -0.486 e. The standard InChI is InChI=1S/C25H24ClN5O2/c26-22-14-18(7-10-24(22)32-16-19-6-2-3-11-27-19)30-25-21-15-20(8-9-23(21)28-17-29-25)33-31-12-4-1-5-13-31/h2-3,6-11,14-15,17H,1,4-5,12-13,16H2,(H,28,29,30). The predicted molar refractivity (Wildman–Crippen MR) is 129 cm³/mol. The van der Waals surface area contributed by atoms with Crippen LogP contribution in [0.3, 0.4) is 0 Å². The van der Waals surface area contributed by atoms with E-state index in [1.54, 1.807) is 12.5 Å². The fourth-order valence-electron chi connectivity index (χ4n) is 3.76. The molecule has 0 bridgehead atoms. The van der Waals surface area contributed by atoms with Crippen molar-refractivity contribution in [2.24, 2.45) is 0 Å². The minimum absolute atomic E-state index is 0.351. The third-order valence-corrected chi connectivity index (χ3v) is 5.75. The van der Waals surface area contributed by atoms with Crippen LogP contribution in [0.2, 0.25) is 5.02 Å². The van der Waals surface area contributed by atoms with Gasteiger partial charge < -0.3 is 14.9 Å². The minimum atomic E-state index is 0.351. The number of aromatic nitrogens is 3. The number of halogens is 1. The average molecular weight is 462 g/mol. The summed E-state index contributed by atoms with van der Waals surface area (Å²) in [7, 11) is 0. The molecule has 1 aliphatic heterocycles. The van der Waals surface area contributed by atoms with Crippen LogP contribution in [0.4, 0.5) is 11.5 Å². The van der Waals surface area contributed by atoms with E-state index < -0.39 is 0 Å². The van der Waals surface area contributed by atoms with Crippen molar-refractivity contribution in [3.8, 4) is 11.5 Å². The summed E-state index contributed by atoms with van der Waals surface area (Å²) in [6, 6.07) is 17.1. The highest BCUT2D eigenvalue weighted by Crippen LogP contribution is 2.32. The molecule has 168 valence electrons. The van der Waals surface area contributed by atoms with Gasteiger partial charge in [0.1, 0.15) is 30.3 Å². The monoisotopic (exact) mass is 461 g/mol. The van der Waals surface area contributed by atoms with E-state index in [9.17, 15) is 0 Å². The SMILES string of the molecule is Clc1cc(Nc2ncnc3ccc(ON4CCCCC4)cc23)ccc1OCc1ccccn1. The normalized spacial score (nSPS) is 14.2. The first-order chi connectivity index (χ1) is 16.2. The molecule has 33 heavy (non-hydrogen) atoms. The van der Waals surface area contributed by atoms with E-state index in [1.165, 1.54) is 6.42 Å². The molecule has 4 aromatic rings. The molecule has 5 rings (SSSR count). The van der Waals surface area contributed by atoms with Crippen molar-refractivity contribution in [3.05, 3.63) is 77.8 Å². The molecule has 1 saturated heterocycles. The number of nitrogens with one attached hydrogen (secondary N) is 1. The fraction of sp³-hybridized carbons (Fsp3) is 0.240. The molecular formula is C25H24ClN5O2. The molecule has 0 saturated carbocycles. The summed E-state index contributed by atoms with van der Waals surface area (Å²) < 4.78 is 5.82. The zero-order chi connectivity index (χ0) is 22.5. The van der Waals surface area contributed by atoms with Gasteiger partial charge in [-0.25, -0.2) is 9.97 Å². The van der Waals surface area contributed by atoms with E-state index in [2.05, 4.69) is 20.3 Å². The number of rotatable bonds is 7. The lowest BCUT2D eigenvalue weighted by Gasteiger charge is -2.26. The van der Waals surface area contributed by atoms with E-state index >= 15 is 0 Å². The van der Waals surface area contributed by atoms with E-state index in [1.807, 2.05) is 59.7 Å². The molecule has 2 aromatic heterocycles. The lowest BCUT2D eigenvalue weighted by Crippen LogP contribution is -2.32. The summed E-state index contributed by atoms with van der Waals surface area (Å²) in [5.41, 5.74) is 2.47. The van der Waals surface area contributed by atoms with Crippen LogP contribution in [0, 0.1) is 0 Å². The Morgan fingerprint density at radius 1 is 0.939 bits per heavy atom. The van der Waals surface area contributed by atoms with Gasteiger partial charge in [-0.2, -0.15) is 0 Å². The number of pyridine rings is 1. The smallest absolute Gasteiger partial charge is 0.148 e. The number of hydrogen-bond donors (Lipinski definition) is 1. The van der Waals surface area contributed by atoms with Gasteiger partial charge in [0, 0.05) is 30.4 Å². The fourth-order valence-corrected chi connectivity index (χ4v) is 4.00. The molecule has 0 unspecified atom stereocenters. The van der Waals surface area contributed by atoms with Crippen LogP contribution in [0.5, 0.6) is 11.5 Å². The molecule has 0 amide bonds. The number of hydrogen-bond acceptors (Lipinski definition) is 7. The van der Waals surface area contributed by atoms with Crippen molar-refractivity contribution in [2.75, 3.05) is 18.4 Å². The highest BCUT2D eigenvalue weighted by molar-refractivity contribution is 6.32. The van der Waals surface area contributed by atoms with Gasteiger partial charge in [-0.1, -0.05) is 24.1 Å². The summed E-state index contributed by atoms with van der Waals surface area (Å²) in [4.78, 5) is 19.2. The Balaban J connectivity index is 1.32. The molecular weight excluding hydrogens is 438 g/mol. The largest absolute Gasteiger partial charge is 0.486 e. The number of benzene rings is 2. The summed E-state index contributed by atoms with van der Waals surface area (Å²) >= 11 is 6.47. The summed E-state index contributed by atoms with van der Waals surface area (Å²) in [5, 5.41) is 6.74. The molecule has 0 spiro atoms. The predicted octanol–water partition coefficient (Wildman–Crippen LogP) is 5.78. The third-order valence-electron chi connectivity index (χ3n) is 5.45. The lowest BCUT2D eigenvalue weighted by atomic mass is 10.2. The Hall–Kier alpha value is -3.42. The number of fused-ring (bicyclic) bond motifs is 1. The lowest BCUT2D eigenvalue weighted by molar-refractivity contribution is -0.0718. The van der Waals surface area contributed by atoms with Crippen molar-refractivity contribution in [1.82, 2.24) is 20.0 Å². The van der Waals surface area contributed by atoms with Crippen LogP contribution >= 0.6 is 11.6 Å². The Bertz CT molecular complexity index is 1230. The summed E-state index contributed by atoms with van der Waals surface area (Å²) in [5.74, 6) is 2.05. The van der Waals surface area contributed by atoms with Crippen molar-refractivity contribution in [1.29, 1.82) is 0 Å². The summed E-state index contributed by atoms with van der Waals surface area (Å²) in [6.45, 7) is 2.24. The molecule has 0 aliphatic carbocycles. The zero-order valence-corrected chi connectivity index (χ0v) is 18.8. The van der Waals surface area contributed by atoms with Crippen LogP contribution < -0.4 is 14.9 Å². The van der Waals surface area contributed by atoms with Crippen LogP contribution in [-0.4, -0.2) is 33.1 Å². The van der Waals surface area contributed by atoms with Crippen LogP contribution in [0.1, 0.15) is 25.0 Å². The Kier molecular flexibility index (Phi) is 6.51. The molecule has 3 heterocycles. The van der Waals surface area contributed by atoms with Gasteiger partial charge in [-0.15, -0.1) is 5.06 Å². The van der Waals surface area contributed by atoms with Gasteiger partial charge in [0.05, 0.1) is 16.2 Å². The topological polar surface area (TPSA) is 72.4 Å². The number of piperidine rings is 1. The average Bonchev–Trinajstić information content (AvgIpc) is 2.85. The first-order valence-electron chi connectivity index (χ1n) is 11.0. The van der Waals surface area contributed by atoms with Gasteiger partial charge in [0.2, 0.25) is 0 Å². The van der Waals surface area contributed by atoms with Gasteiger partial charge in [-0.05, 0) is 61.4 Å². The molecule has 2 aromatic carbocycles. The molecule has 0 radical (unpaired) electrons. The van der Waals surface area contributed by atoms with Gasteiger partial charge in [-0.3, -0.25) is 4.98 Å². The van der Waals surface area contributed by atoms with E-state index in [4.69, 9.17) is 21.2 Å². The maximum absolute atomic E-state index is 6.47. The van der Waals surface area contributed by atoms with Gasteiger partial charge in [0.25, 0.3) is 0 Å². The van der Waals surface area contributed by atoms with Crippen molar-refractivity contribution >= 4 is 34.0 Å². The number of anilines is 2. The van der Waals surface area contributed by atoms with Crippen molar-refractivity contribution < 1.29 is 9.57 Å². The highest BCUT2D eigenvalue weighted by atomic mass is 35.5. The van der Waals surface area contributed by atoms with Crippen LogP contribution in [-0.2, 0) is 6.61 Å². The zero-order valence-electron chi connectivity index (χ0n) is 18.1. The third kappa shape index (κ3) is 5.32. The highest BCUT2D eigenvalue weighted by Gasteiger charge is 2.13. The quantitative estimate of drug-likeness (QED) is 0.374. The first kappa shape index (κ1) is 21.4. The maximum atomic E-state index is 6.47. The van der Waals surface area contributed by atoms with Crippen molar-refractivity contribution in [3.63, 3.8) is 0 Å². The Morgan fingerprint density at radius 2 is 1.85 bits per heavy atom. The number of ether oxygens (including phenoxy) is 1. The maximum Gasteiger partial charge on any atom is 0.148 e. The second-order valence-electron chi connectivity index (χ2n) is 7.86.